The van der Waals surface area contributed by atoms with Gasteiger partial charge in [-0.15, -0.1) is 0 Å². The van der Waals surface area contributed by atoms with E-state index in [1.165, 1.54) is 0 Å². The molecule has 0 radical (unpaired) electrons. The van der Waals surface area contributed by atoms with Crippen molar-refractivity contribution in [3.05, 3.63) is 33.3 Å². The molecule has 0 unspecified atom stereocenters. The average molecular weight is 385 g/mol. The quantitative estimate of drug-likeness (QED) is 0.790. The minimum atomic E-state index is -3.76. The molecular formula is C12H15BrClNO4S. The van der Waals surface area contributed by atoms with Crippen LogP contribution in [0.4, 0.5) is 0 Å². The first-order valence-electron chi connectivity index (χ1n) is 5.79. The summed E-state index contributed by atoms with van der Waals surface area (Å²) in [5.41, 5.74) is 0.509. The summed E-state index contributed by atoms with van der Waals surface area (Å²) < 4.78 is 26.8. The molecule has 20 heavy (non-hydrogen) atoms. The number of hydrogen-bond acceptors (Lipinski definition) is 3. The number of hydrogen-bond donors (Lipinski definition) is 2. The van der Waals surface area contributed by atoms with Gasteiger partial charge >= 0.3 is 5.97 Å². The minimum Gasteiger partial charge on any atom is -0.480 e. The van der Waals surface area contributed by atoms with Gasteiger partial charge in [0.25, 0.3) is 0 Å². The third kappa shape index (κ3) is 5.05. The van der Waals surface area contributed by atoms with Crippen molar-refractivity contribution in [2.75, 3.05) is 0 Å². The van der Waals surface area contributed by atoms with Gasteiger partial charge in [0, 0.05) is 9.50 Å². The van der Waals surface area contributed by atoms with E-state index in [0.717, 1.165) is 0 Å². The van der Waals surface area contributed by atoms with E-state index in [9.17, 15) is 13.2 Å². The summed E-state index contributed by atoms with van der Waals surface area (Å²) in [5, 5.41) is 9.49. The lowest BCUT2D eigenvalue weighted by atomic mass is 10.1. The molecule has 0 bridgehead atoms. The predicted octanol–water partition coefficient (Wildman–Crippen LogP) is 2.63. The van der Waals surface area contributed by atoms with E-state index in [2.05, 4.69) is 20.7 Å². The number of benzene rings is 1. The summed E-state index contributed by atoms with van der Waals surface area (Å²) in [6.45, 7) is 3.28. The maximum absolute atomic E-state index is 12.0. The van der Waals surface area contributed by atoms with E-state index < -0.39 is 22.0 Å². The highest BCUT2D eigenvalue weighted by atomic mass is 79.9. The summed E-state index contributed by atoms with van der Waals surface area (Å²) in [4.78, 5) is 11.0. The van der Waals surface area contributed by atoms with Gasteiger partial charge in [-0.25, -0.2) is 13.1 Å². The van der Waals surface area contributed by atoms with Crippen molar-refractivity contribution in [1.29, 1.82) is 0 Å². The number of carboxylic acids is 1. The zero-order valence-electron chi connectivity index (χ0n) is 10.9. The second-order valence-corrected chi connectivity index (χ2v) is 7.72. The molecular weight excluding hydrogens is 370 g/mol. The molecule has 0 saturated carbocycles. The second kappa shape index (κ2) is 6.89. The number of halogens is 2. The van der Waals surface area contributed by atoms with Crippen molar-refractivity contribution in [3.63, 3.8) is 0 Å². The highest BCUT2D eigenvalue weighted by Crippen LogP contribution is 2.23. The third-order valence-electron chi connectivity index (χ3n) is 2.60. The molecule has 1 aromatic rings. The van der Waals surface area contributed by atoms with Crippen LogP contribution >= 0.6 is 27.5 Å². The van der Waals surface area contributed by atoms with Crippen molar-refractivity contribution in [2.45, 2.75) is 25.6 Å². The van der Waals surface area contributed by atoms with Crippen LogP contribution in [0, 0.1) is 5.92 Å². The molecule has 5 nitrogen and oxygen atoms in total. The number of carboxylic acid groups (broad SMARTS) is 1. The summed E-state index contributed by atoms with van der Waals surface area (Å²) in [7, 11) is -3.76. The largest absolute Gasteiger partial charge is 0.480 e. The van der Waals surface area contributed by atoms with E-state index >= 15 is 0 Å². The first-order chi connectivity index (χ1) is 9.12. The lowest BCUT2D eigenvalue weighted by Crippen LogP contribution is -2.44. The molecule has 1 rings (SSSR count). The van der Waals surface area contributed by atoms with Gasteiger partial charge < -0.3 is 5.11 Å². The van der Waals surface area contributed by atoms with Gasteiger partial charge in [-0.2, -0.15) is 0 Å². The molecule has 112 valence electrons. The zero-order valence-corrected chi connectivity index (χ0v) is 14.1. The van der Waals surface area contributed by atoms with Gasteiger partial charge in [0.1, 0.15) is 6.04 Å². The lowest BCUT2D eigenvalue weighted by molar-refractivity contribution is -0.140. The number of rotatable bonds is 6. The van der Waals surface area contributed by atoms with Gasteiger partial charge in [-0.3, -0.25) is 4.79 Å². The molecule has 0 spiro atoms. The monoisotopic (exact) mass is 383 g/mol. The molecule has 0 aliphatic carbocycles. The molecule has 1 aromatic carbocycles. The normalized spacial score (nSPS) is 13.4. The number of aliphatic carboxylic acids is 1. The Bertz CT molecular complexity index is 603. The first-order valence-corrected chi connectivity index (χ1v) is 8.61. The maximum atomic E-state index is 12.0. The van der Waals surface area contributed by atoms with Crippen LogP contribution in [-0.4, -0.2) is 25.5 Å². The maximum Gasteiger partial charge on any atom is 0.321 e. The van der Waals surface area contributed by atoms with Crippen molar-refractivity contribution in [3.8, 4) is 0 Å². The predicted molar refractivity (Wildman–Crippen MR) is 81.2 cm³/mol. The Morgan fingerprint density at radius 1 is 1.45 bits per heavy atom. The Morgan fingerprint density at radius 3 is 2.50 bits per heavy atom. The van der Waals surface area contributed by atoms with E-state index in [-0.39, 0.29) is 11.7 Å². The van der Waals surface area contributed by atoms with Crippen LogP contribution in [0.25, 0.3) is 0 Å². The Balaban J connectivity index is 2.92. The molecule has 0 heterocycles. The van der Waals surface area contributed by atoms with Crippen LogP contribution in [0.1, 0.15) is 19.4 Å². The van der Waals surface area contributed by atoms with E-state index in [1.54, 1.807) is 32.0 Å². The summed E-state index contributed by atoms with van der Waals surface area (Å²) >= 11 is 9.01. The Labute approximate surface area is 131 Å². The minimum absolute atomic E-state index is 0.318. The fraction of sp³-hybridized carbons (Fsp3) is 0.417. The molecule has 0 aromatic heterocycles. The fourth-order valence-electron chi connectivity index (χ4n) is 1.55. The van der Waals surface area contributed by atoms with Crippen molar-refractivity contribution in [1.82, 2.24) is 4.72 Å². The topological polar surface area (TPSA) is 83.5 Å². The highest BCUT2D eigenvalue weighted by molar-refractivity contribution is 9.10. The molecule has 1 atom stereocenters. The van der Waals surface area contributed by atoms with E-state index in [0.29, 0.717) is 15.1 Å². The van der Waals surface area contributed by atoms with Gasteiger partial charge in [0.2, 0.25) is 10.0 Å². The van der Waals surface area contributed by atoms with Gasteiger partial charge in [-0.1, -0.05) is 47.4 Å². The summed E-state index contributed by atoms with van der Waals surface area (Å²) in [6.07, 6.45) is 0. The number of nitrogens with one attached hydrogen (secondary N) is 1. The Morgan fingerprint density at radius 2 is 2.05 bits per heavy atom. The van der Waals surface area contributed by atoms with Crippen LogP contribution in [0.2, 0.25) is 5.02 Å². The van der Waals surface area contributed by atoms with Gasteiger partial charge in [-0.05, 0) is 23.6 Å². The average Bonchev–Trinajstić information content (AvgIpc) is 2.29. The highest BCUT2D eigenvalue weighted by Gasteiger charge is 2.27. The van der Waals surface area contributed by atoms with Crippen LogP contribution in [0.5, 0.6) is 0 Å². The second-order valence-electron chi connectivity index (χ2n) is 4.67. The molecule has 0 aliphatic rings. The van der Waals surface area contributed by atoms with Crippen molar-refractivity contribution in [2.24, 2.45) is 5.92 Å². The third-order valence-corrected chi connectivity index (χ3v) is 4.88. The molecule has 2 N–H and O–H groups in total. The van der Waals surface area contributed by atoms with Crippen molar-refractivity contribution >= 4 is 43.5 Å². The van der Waals surface area contributed by atoms with Crippen LogP contribution < -0.4 is 4.72 Å². The van der Waals surface area contributed by atoms with E-state index in [1.807, 2.05) is 0 Å². The van der Waals surface area contributed by atoms with Crippen LogP contribution in [0.15, 0.2) is 22.7 Å². The molecule has 0 aliphatic heterocycles. The summed E-state index contributed by atoms with van der Waals surface area (Å²) in [6, 6.07) is 3.60. The van der Waals surface area contributed by atoms with Gasteiger partial charge in [0.15, 0.2) is 0 Å². The van der Waals surface area contributed by atoms with Crippen molar-refractivity contribution < 1.29 is 18.3 Å². The number of sulfonamides is 1. The Hall–Kier alpha value is -0.630. The molecule has 0 fully saturated rings. The lowest BCUT2D eigenvalue weighted by Gasteiger charge is -2.18. The SMILES string of the molecule is CC(C)[C@@H](NS(=O)(=O)Cc1ccc(Cl)cc1Br)C(=O)O. The van der Waals surface area contributed by atoms with E-state index in [4.69, 9.17) is 16.7 Å². The smallest absolute Gasteiger partial charge is 0.321 e. The van der Waals surface area contributed by atoms with Crippen LogP contribution in [0.3, 0.4) is 0 Å². The van der Waals surface area contributed by atoms with Gasteiger partial charge in [0.05, 0.1) is 5.75 Å². The molecule has 0 saturated heterocycles. The first kappa shape index (κ1) is 17.4. The summed E-state index contributed by atoms with van der Waals surface area (Å²) in [5.74, 6) is -1.86. The van der Waals surface area contributed by atoms with Crippen LogP contribution in [-0.2, 0) is 20.6 Å². The molecule has 8 heteroatoms. The standard InChI is InChI=1S/C12H15BrClNO4S/c1-7(2)11(12(16)17)15-20(18,19)6-8-3-4-9(14)5-10(8)13/h3-5,7,11,15H,6H2,1-2H3,(H,16,17)/t11-/m1/s1. The fourth-order valence-corrected chi connectivity index (χ4v) is 4.06. The number of carbonyl (C=O) groups is 1. The zero-order chi connectivity index (χ0) is 15.5. The Kier molecular flexibility index (Phi) is 6.00. The molecule has 0 amide bonds.